The summed E-state index contributed by atoms with van der Waals surface area (Å²) in [6.07, 6.45) is 6.81. The smallest absolute Gasteiger partial charge is 0.0704 e. The van der Waals surface area contributed by atoms with E-state index >= 15 is 0 Å². The minimum absolute atomic E-state index is 0.376. The predicted octanol–water partition coefficient (Wildman–Crippen LogP) is 3.31. The minimum Gasteiger partial charge on any atom is -0.378 e. The maximum atomic E-state index is 5.62. The molecule has 0 radical (unpaired) electrons. The van der Waals surface area contributed by atoms with Crippen molar-refractivity contribution in [1.82, 2.24) is 0 Å². The van der Waals surface area contributed by atoms with Gasteiger partial charge in [-0.25, -0.2) is 0 Å². The number of thiol groups is 1. The molecule has 0 saturated carbocycles. The summed E-state index contributed by atoms with van der Waals surface area (Å²) in [7, 11) is 0. The highest BCUT2D eigenvalue weighted by molar-refractivity contribution is 7.80. The summed E-state index contributed by atoms with van der Waals surface area (Å²) < 4.78 is 10.9. The van der Waals surface area contributed by atoms with E-state index in [4.69, 9.17) is 9.47 Å². The van der Waals surface area contributed by atoms with Crippen LogP contribution in [-0.4, -0.2) is 31.7 Å². The molecule has 15 heavy (non-hydrogen) atoms. The number of ether oxygens (including phenoxy) is 2. The molecule has 0 aliphatic carbocycles. The van der Waals surface area contributed by atoms with Crippen LogP contribution in [0.2, 0.25) is 0 Å². The lowest BCUT2D eigenvalue weighted by atomic mass is 10.1. The molecule has 3 heteroatoms. The molecule has 92 valence electrons. The fraction of sp³-hybridized carbons (Fsp3) is 1.00. The molecule has 0 aromatic rings. The van der Waals surface area contributed by atoms with Gasteiger partial charge in [0.1, 0.15) is 0 Å². The van der Waals surface area contributed by atoms with Crippen LogP contribution in [0.5, 0.6) is 0 Å². The maximum absolute atomic E-state index is 5.62. The molecule has 1 atom stereocenters. The highest BCUT2D eigenvalue weighted by Crippen LogP contribution is 2.07. The summed E-state index contributed by atoms with van der Waals surface area (Å²) >= 11 is 4.06. The van der Waals surface area contributed by atoms with Crippen molar-refractivity contribution < 1.29 is 9.47 Å². The van der Waals surface area contributed by atoms with Gasteiger partial charge >= 0.3 is 0 Å². The van der Waals surface area contributed by atoms with Crippen LogP contribution in [0.1, 0.15) is 46.0 Å². The zero-order valence-electron chi connectivity index (χ0n) is 10.2. The lowest BCUT2D eigenvalue weighted by Crippen LogP contribution is -2.13. The lowest BCUT2D eigenvalue weighted by molar-refractivity contribution is 0.0118. The third-order valence-electron chi connectivity index (χ3n) is 2.33. The Bertz CT molecular complexity index is 120. The molecule has 0 spiro atoms. The van der Waals surface area contributed by atoms with Gasteiger partial charge in [0, 0.05) is 5.75 Å². The first-order chi connectivity index (χ1) is 7.31. The summed E-state index contributed by atoms with van der Waals surface area (Å²) in [6.45, 7) is 6.50. The molecule has 0 amide bonds. The third kappa shape index (κ3) is 12.2. The number of rotatable bonds is 11. The fourth-order valence-corrected chi connectivity index (χ4v) is 1.55. The predicted molar refractivity (Wildman–Crippen MR) is 68.8 cm³/mol. The number of hydrogen-bond acceptors (Lipinski definition) is 3. The van der Waals surface area contributed by atoms with Gasteiger partial charge in [0.25, 0.3) is 0 Å². The Balaban J connectivity index is 3.08. The van der Waals surface area contributed by atoms with E-state index in [0.29, 0.717) is 19.3 Å². The van der Waals surface area contributed by atoms with Gasteiger partial charge in [0.05, 0.1) is 25.9 Å². The van der Waals surface area contributed by atoms with E-state index in [0.717, 1.165) is 12.4 Å². The molecule has 0 aliphatic rings. The molecule has 0 N–H and O–H groups in total. The van der Waals surface area contributed by atoms with Crippen LogP contribution in [-0.2, 0) is 9.47 Å². The molecule has 0 heterocycles. The van der Waals surface area contributed by atoms with Crippen molar-refractivity contribution in [2.75, 3.05) is 25.6 Å². The average Bonchev–Trinajstić information content (AvgIpc) is 2.24. The Kier molecular flexibility index (Phi) is 12.6. The van der Waals surface area contributed by atoms with Gasteiger partial charge in [0.15, 0.2) is 0 Å². The largest absolute Gasteiger partial charge is 0.378 e. The van der Waals surface area contributed by atoms with Gasteiger partial charge in [-0.05, 0) is 13.3 Å². The van der Waals surface area contributed by atoms with E-state index in [9.17, 15) is 0 Å². The van der Waals surface area contributed by atoms with Crippen molar-refractivity contribution in [2.45, 2.75) is 52.1 Å². The molecule has 0 aromatic heterocycles. The lowest BCUT2D eigenvalue weighted by Gasteiger charge is -2.12. The third-order valence-corrected chi connectivity index (χ3v) is 2.51. The van der Waals surface area contributed by atoms with Crippen molar-refractivity contribution in [3.63, 3.8) is 0 Å². The molecule has 0 bridgehead atoms. The fourth-order valence-electron chi connectivity index (χ4n) is 1.42. The molecule has 2 nitrogen and oxygen atoms in total. The van der Waals surface area contributed by atoms with E-state index in [1.807, 2.05) is 0 Å². The monoisotopic (exact) mass is 234 g/mol. The standard InChI is InChI=1S/C12H26O2S/c1-3-4-5-6-7-12(2)14-9-8-13-10-11-15/h12,15H,3-11H2,1-2H3. The van der Waals surface area contributed by atoms with E-state index in [2.05, 4.69) is 26.5 Å². The van der Waals surface area contributed by atoms with E-state index in [1.165, 1.54) is 32.1 Å². The van der Waals surface area contributed by atoms with Crippen molar-refractivity contribution in [1.29, 1.82) is 0 Å². The summed E-state index contributed by atoms with van der Waals surface area (Å²) in [5.74, 6) is 0.784. The molecule has 0 saturated heterocycles. The minimum atomic E-state index is 0.376. The Hall–Kier alpha value is 0.270. The highest BCUT2D eigenvalue weighted by Gasteiger charge is 2.01. The zero-order valence-corrected chi connectivity index (χ0v) is 11.1. The van der Waals surface area contributed by atoms with Crippen LogP contribution in [0.15, 0.2) is 0 Å². The van der Waals surface area contributed by atoms with E-state index in [1.54, 1.807) is 0 Å². The second kappa shape index (κ2) is 12.3. The summed E-state index contributed by atoms with van der Waals surface area (Å²) in [6, 6.07) is 0. The quantitative estimate of drug-likeness (QED) is 0.437. The van der Waals surface area contributed by atoms with Crippen LogP contribution in [0.3, 0.4) is 0 Å². The number of hydrogen-bond donors (Lipinski definition) is 1. The van der Waals surface area contributed by atoms with Gasteiger partial charge in [-0.2, -0.15) is 12.6 Å². The van der Waals surface area contributed by atoms with Crippen LogP contribution in [0.25, 0.3) is 0 Å². The Morgan fingerprint density at radius 3 is 2.53 bits per heavy atom. The van der Waals surface area contributed by atoms with Crippen molar-refractivity contribution in [3.05, 3.63) is 0 Å². The SMILES string of the molecule is CCCCCCC(C)OCCOCCS. The molecule has 0 rings (SSSR count). The average molecular weight is 234 g/mol. The number of unbranched alkanes of at least 4 members (excludes halogenated alkanes) is 3. The van der Waals surface area contributed by atoms with E-state index < -0.39 is 0 Å². The van der Waals surface area contributed by atoms with Gasteiger partial charge in [-0.1, -0.05) is 32.6 Å². The first-order valence-corrected chi connectivity index (χ1v) is 6.74. The normalized spacial score (nSPS) is 13.0. The maximum Gasteiger partial charge on any atom is 0.0704 e. The van der Waals surface area contributed by atoms with Gasteiger partial charge in [-0.3, -0.25) is 0 Å². The second-order valence-electron chi connectivity index (χ2n) is 3.87. The highest BCUT2D eigenvalue weighted by atomic mass is 32.1. The van der Waals surface area contributed by atoms with E-state index in [-0.39, 0.29) is 0 Å². The van der Waals surface area contributed by atoms with Crippen molar-refractivity contribution >= 4 is 12.6 Å². The topological polar surface area (TPSA) is 18.5 Å². The second-order valence-corrected chi connectivity index (χ2v) is 4.31. The van der Waals surface area contributed by atoms with Crippen molar-refractivity contribution in [3.8, 4) is 0 Å². The molecule has 0 aliphatic heterocycles. The molecule has 0 fully saturated rings. The first-order valence-electron chi connectivity index (χ1n) is 6.11. The first kappa shape index (κ1) is 15.3. The van der Waals surface area contributed by atoms with Crippen LogP contribution >= 0.6 is 12.6 Å². The Labute approximate surface area is 100 Å². The summed E-state index contributed by atoms with van der Waals surface area (Å²) in [4.78, 5) is 0. The van der Waals surface area contributed by atoms with Gasteiger partial charge in [0.2, 0.25) is 0 Å². The van der Waals surface area contributed by atoms with Crippen LogP contribution < -0.4 is 0 Å². The summed E-state index contributed by atoms with van der Waals surface area (Å²) in [5.41, 5.74) is 0. The molecular weight excluding hydrogens is 208 g/mol. The van der Waals surface area contributed by atoms with Gasteiger partial charge in [-0.15, -0.1) is 0 Å². The summed E-state index contributed by atoms with van der Waals surface area (Å²) in [5, 5.41) is 0. The van der Waals surface area contributed by atoms with Crippen molar-refractivity contribution in [2.24, 2.45) is 0 Å². The zero-order chi connectivity index (χ0) is 11.4. The molecule has 1 unspecified atom stereocenters. The molecule has 0 aromatic carbocycles. The van der Waals surface area contributed by atoms with Gasteiger partial charge < -0.3 is 9.47 Å². The van der Waals surface area contributed by atoms with Crippen LogP contribution in [0, 0.1) is 0 Å². The van der Waals surface area contributed by atoms with Crippen LogP contribution in [0.4, 0.5) is 0 Å². The molecular formula is C12H26O2S. The Morgan fingerprint density at radius 2 is 1.87 bits per heavy atom. The Morgan fingerprint density at radius 1 is 1.07 bits per heavy atom.